The Morgan fingerprint density at radius 2 is 2.29 bits per heavy atom. The summed E-state index contributed by atoms with van der Waals surface area (Å²) in [7, 11) is 0. The summed E-state index contributed by atoms with van der Waals surface area (Å²) in [5, 5.41) is 3.15. The molecule has 0 bridgehead atoms. The number of ketones is 1. The van der Waals surface area contributed by atoms with Crippen LogP contribution in [0.1, 0.15) is 26.3 Å². The minimum absolute atomic E-state index is 0.0649. The van der Waals surface area contributed by atoms with Crippen molar-refractivity contribution in [3.8, 4) is 0 Å². The van der Waals surface area contributed by atoms with Gasteiger partial charge < -0.3 is 10.3 Å². The van der Waals surface area contributed by atoms with E-state index in [2.05, 4.69) is 30.2 Å². The first-order chi connectivity index (χ1) is 6.52. The van der Waals surface area contributed by atoms with Gasteiger partial charge in [0.1, 0.15) is 5.78 Å². The third-order valence-electron chi connectivity index (χ3n) is 2.32. The fourth-order valence-electron chi connectivity index (χ4n) is 1.40. The number of carbonyl (C=O) groups excluding carboxylic acids is 1. The van der Waals surface area contributed by atoms with E-state index in [1.807, 2.05) is 12.4 Å². The van der Waals surface area contributed by atoms with Crippen molar-refractivity contribution >= 4 is 5.78 Å². The number of aromatic nitrogens is 1. The SMILES string of the molecule is CC(=O)CNCC(C)(C)c1cc[nH]c1. The van der Waals surface area contributed by atoms with E-state index < -0.39 is 0 Å². The highest BCUT2D eigenvalue weighted by Crippen LogP contribution is 2.21. The van der Waals surface area contributed by atoms with Crippen LogP contribution in [0.25, 0.3) is 0 Å². The standard InChI is InChI=1S/C11H18N2O/c1-9(14)6-13-8-11(2,3)10-4-5-12-7-10/h4-5,7,12-13H,6,8H2,1-3H3. The van der Waals surface area contributed by atoms with Crippen LogP contribution in [0.15, 0.2) is 18.5 Å². The van der Waals surface area contributed by atoms with E-state index in [1.54, 1.807) is 6.92 Å². The fourth-order valence-corrected chi connectivity index (χ4v) is 1.40. The van der Waals surface area contributed by atoms with Gasteiger partial charge in [0, 0.05) is 24.4 Å². The van der Waals surface area contributed by atoms with Crippen LogP contribution in [-0.2, 0) is 10.2 Å². The Morgan fingerprint density at radius 1 is 1.57 bits per heavy atom. The molecule has 0 saturated heterocycles. The number of H-pyrrole nitrogens is 1. The molecule has 0 aliphatic carbocycles. The van der Waals surface area contributed by atoms with E-state index in [-0.39, 0.29) is 11.2 Å². The van der Waals surface area contributed by atoms with Crippen molar-refractivity contribution in [3.63, 3.8) is 0 Å². The second kappa shape index (κ2) is 4.42. The van der Waals surface area contributed by atoms with Crippen LogP contribution >= 0.6 is 0 Å². The largest absolute Gasteiger partial charge is 0.367 e. The van der Waals surface area contributed by atoms with Gasteiger partial charge in [-0.3, -0.25) is 4.79 Å². The van der Waals surface area contributed by atoms with Gasteiger partial charge in [0.05, 0.1) is 6.54 Å². The van der Waals surface area contributed by atoms with Crippen molar-refractivity contribution in [2.45, 2.75) is 26.2 Å². The Bertz CT molecular complexity index is 288. The average Bonchev–Trinajstić information content (AvgIpc) is 2.54. The number of rotatable bonds is 5. The quantitative estimate of drug-likeness (QED) is 0.745. The number of hydrogen-bond donors (Lipinski definition) is 2. The zero-order chi connectivity index (χ0) is 10.6. The predicted octanol–water partition coefficient (Wildman–Crippen LogP) is 1.47. The smallest absolute Gasteiger partial charge is 0.143 e. The monoisotopic (exact) mass is 194 g/mol. The van der Waals surface area contributed by atoms with Crippen molar-refractivity contribution in [2.75, 3.05) is 13.1 Å². The number of carbonyl (C=O) groups is 1. The second-order valence-corrected chi connectivity index (χ2v) is 4.29. The van der Waals surface area contributed by atoms with Gasteiger partial charge in [-0.25, -0.2) is 0 Å². The lowest BCUT2D eigenvalue weighted by Crippen LogP contribution is -2.35. The van der Waals surface area contributed by atoms with Crippen LogP contribution in [0.5, 0.6) is 0 Å². The number of nitrogens with one attached hydrogen (secondary N) is 2. The zero-order valence-corrected chi connectivity index (χ0v) is 9.05. The van der Waals surface area contributed by atoms with Crippen LogP contribution in [0.4, 0.5) is 0 Å². The van der Waals surface area contributed by atoms with E-state index >= 15 is 0 Å². The second-order valence-electron chi connectivity index (χ2n) is 4.29. The Hall–Kier alpha value is -1.09. The Kier molecular flexibility index (Phi) is 3.47. The van der Waals surface area contributed by atoms with Crippen molar-refractivity contribution in [2.24, 2.45) is 0 Å². The highest BCUT2D eigenvalue weighted by Gasteiger charge is 2.20. The topological polar surface area (TPSA) is 44.9 Å². The molecule has 0 unspecified atom stereocenters. The van der Waals surface area contributed by atoms with E-state index in [4.69, 9.17) is 0 Å². The van der Waals surface area contributed by atoms with Crippen molar-refractivity contribution in [3.05, 3.63) is 24.0 Å². The summed E-state index contributed by atoms with van der Waals surface area (Å²) >= 11 is 0. The minimum Gasteiger partial charge on any atom is -0.367 e. The first-order valence-corrected chi connectivity index (χ1v) is 4.86. The molecule has 2 N–H and O–H groups in total. The Morgan fingerprint density at radius 3 is 2.79 bits per heavy atom. The highest BCUT2D eigenvalue weighted by molar-refractivity contribution is 5.77. The molecule has 0 amide bonds. The summed E-state index contributed by atoms with van der Waals surface area (Å²) in [5.41, 5.74) is 1.32. The molecule has 0 atom stereocenters. The van der Waals surface area contributed by atoms with Crippen LogP contribution in [0.2, 0.25) is 0 Å². The molecule has 0 saturated carbocycles. The van der Waals surface area contributed by atoms with Gasteiger partial charge in [-0.15, -0.1) is 0 Å². The number of Topliss-reactive ketones (excluding diaryl/α,β-unsaturated/α-hetero) is 1. The van der Waals surface area contributed by atoms with Crippen molar-refractivity contribution in [1.82, 2.24) is 10.3 Å². The molecule has 1 aromatic rings. The molecule has 3 heteroatoms. The third-order valence-corrected chi connectivity index (χ3v) is 2.32. The van der Waals surface area contributed by atoms with E-state index in [9.17, 15) is 4.79 Å². The minimum atomic E-state index is 0.0649. The van der Waals surface area contributed by atoms with Gasteiger partial charge in [-0.05, 0) is 18.6 Å². The maximum Gasteiger partial charge on any atom is 0.143 e. The predicted molar refractivity (Wildman–Crippen MR) is 57.4 cm³/mol. The molecule has 0 spiro atoms. The molecule has 3 nitrogen and oxygen atoms in total. The van der Waals surface area contributed by atoms with Gasteiger partial charge in [0.15, 0.2) is 0 Å². The summed E-state index contributed by atoms with van der Waals surface area (Å²) in [5.74, 6) is 0.176. The molecule has 14 heavy (non-hydrogen) atoms. The summed E-state index contributed by atoms with van der Waals surface area (Å²) in [6, 6.07) is 2.06. The molecule has 1 rings (SSSR count). The summed E-state index contributed by atoms with van der Waals surface area (Å²) in [6.45, 7) is 7.17. The van der Waals surface area contributed by atoms with E-state index in [0.29, 0.717) is 6.54 Å². The number of aromatic amines is 1. The highest BCUT2D eigenvalue weighted by atomic mass is 16.1. The number of hydrogen-bond acceptors (Lipinski definition) is 2. The third kappa shape index (κ3) is 3.00. The summed E-state index contributed by atoms with van der Waals surface area (Å²) in [6.07, 6.45) is 3.91. The molecule has 1 aromatic heterocycles. The molecular formula is C11H18N2O. The molecule has 0 aliphatic heterocycles. The molecule has 0 radical (unpaired) electrons. The Labute approximate surface area is 84.9 Å². The molecule has 0 fully saturated rings. The van der Waals surface area contributed by atoms with Crippen LogP contribution < -0.4 is 5.32 Å². The fraction of sp³-hybridized carbons (Fsp3) is 0.545. The van der Waals surface area contributed by atoms with Crippen molar-refractivity contribution < 1.29 is 4.79 Å². The van der Waals surface area contributed by atoms with Crippen LogP contribution in [0.3, 0.4) is 0 Å². The maximum atomic E-state index is 10.7. The first-order valence-electron chi connectivity index (χ1n) is 4.86. The van der Waals surface area contributed by atoms with Gasteiger partial charge >= 0.3 is 0 Å². The Balaban J connectivity index is 2.46. The van der Waals surface area contributed by atoms with Crippen LogP contribution in [0, 0.1) is 0 Å². The average molecular weight is 194 g/mol. The normalized spacial score (nSPS) is 11.6. The molecular weight excluding hydrogens is 176 g/mol. The summed E-state index contributed by atoms with van der Waals surface area (Å²) in [4.78, 5) is 13.8. The first kappa shape index (κ1) is 11.0. The lowest BCUT2D eigenvalue weighted by atomic mass is 9.86. The van der Waals surface area contributed by atoms with E-state index in [1.165, 1.54) is 5.56 Å². The molecule has 0 aliphatic rings. The van der Waals surface area contributed by atoms with Gasteiger partial charge in [0.25, 0.3) is 0 Å². The summed E-state index contributed by atoms with van der Waals surface area (Å²) < 4.78 is 0. The molecule has 78 valence electrons. The maximum absolute atomic E-state index is 10.7. The molecule has 0 aromatic carbocycles. The lowest BCUT2D eigenvalue weighted by molar-refractivity contribution is -0.116. The lowest BCUT2D eigenvalue weighted by Gasteiger charge is -2.23. The van der Waals surface area contributed by atoms with Gasteiger partial charge in [-0.2, -0.15) is 0 Å². The van der Waals surface area contributed by atoms with Gasteiger partial charge in [-0.1, -0.05) is 13.8 Å². The van der Waals surface area contributed by atoms with E-state index in [0.717, 1.165) is 6.54 Å². The molecule has 1 heterocycles. The van der Waals surface area contributed by atoms with Gasteiger partial charge in [0.2, 0.25) is 0 Å². The van der Waals surface area contributed by atoms with Crippen molar-refractivity contribution in [1.29, 1.82) is 0 Å². The zero-order valence-electron chi connectivity index (χ0n) is 9.05. The van der Waals surface area contributed by atoms with Crippen LogP contribution in [-0.4, -0.2) is 23.9 Å².